The van der Waals surface area contributed by atoms with Crippen molar-refractivity contribution in [3.8, 4) is 0 Å². The van der Waals surface area contributed by atoms with Gasteiger partial charge < -0.3 is 4.74 Å². The van der Waals surface area contributed by atoms with E-state index in [1.807, 2.05) is 12.1 Å². The quantitative estimate of drug-likeness (QED) is 0.456. The van der Waals surface area contributed by atoms with Crippen LogP contribution in [0.25, 0.3) is 5.57 Å². The van der Waals surface area contributed by atoms with Crippen LogP contribution in [0.4, 0.5) is 0 Å². The molecule has 2 heterocycles. The monoisotopic (exact) mass is 425 g/mol. The van der Waals surface area contributed by atoms with Gasteiger partial charge in [0.1, 0.15) is 6.10 Å². The minimum absolute atomic E-state index is 0.0178. The van der Waals surface area contributed by atoms with E-state index >= 15 is 0 Å². The standard InChI is InChI=1S/C26H32ClNO2/c1-17-4-3-11-26(2)15-24-21(14-23(17)26)22(25(29)30-24)16-28-12-9-19(10-13-28)18-5-7-20(27)8-6-18/h5-9,14,17,21-22,24H,3-4,10-13,15-16H2,1-2H3. The summed E-state index contributed by atoms with van der Waals surface area (Å²) in [6, 6.07) is 8.10. The van der Waals surface area contributed by atoms with Crippen molar-refractivity contribution >= 4 is 23.1 Å². The topological polar surface area (TPSA) is 29.5 Å². The molecule has 160 valence electrons. The SMILES string of the molecule is CC1CCCC2(C)CC3OC(=O)C(CN4CC=C(c5ccc(Cl)cc5)CC4)C3C=C12. The maximum absolute atomic E-state index is 12.8. The molecule has 30 heavy (non-hydrogen) atoms. The Kier molecular flexibility index (Phi) is 5.31. The molecule has 0 bridgehead atoms. The van der Waals surface area contributed by atoms with Gasteiger partial charge in [-0.25, -0.2) is 0 Å². The fraction of sp³-hybridized carbons (Fsp3) is 0.577. The number of fused-ring (bicyclic) bond motifs is 2. The molecule has 0 amide bonds. The van der Waals surface area contributed by atoms with Gasteiger partial charge in [-0.1, -0.05) is 61.7 Å². The first-order valence-electron chi connectivity index (χ1n) is 11.5. The Labute approximate surface area is 185 Å². The number of benzene rings is 1. The molecule has 0 spiro atoms. The minimum Gasteiger partial charge on any atom is -0.461 e. The number of carbonyl (C=O) groups is 1. The summed E-state index contributed by atoms with van der Waals surface area (Å²) in [4.78, 5) is 15.2. The van der Waals surface area contributed by atoms with E-state index < -0.39 is 0 Å². The second kappa shape index (κ2) is 7.84. The van der Waals surface area contributed by atoms with Crippen LogP contribution in [0.5, 0.6) is 0 Å². The van der Waals surface area contributed by atoms with E-state index in [0.29, 0.717) is 5.92 Å². The highest BCUT2D eigenvalue weighted by molar-refractivity contribution is 6.30. The molecular weight excluding hydrogens is 394 g/mol. The van der Waals surface area contributed by atoms with Gasteiger partial charge in [0.25, 0.3) is 0 Å². The lowest BCUT2D eigenvalue weighted by Gasteiger charge is -2.46. The van der Waals surface area contributed by atoms with Crippen LogP contribution >= 0.6 is 11.6 Å². The first-order valence-corrected chi connectivity index (χ1v) is 11.9. The molecule has 1 saturated carbocycles. The van der Waals surface area contributed by atoms with Gasteiger partial charge in [0.05, 0.1) is 5.92 Å². The van der Waals surface area contributed by atoms with Gasteiger partial charge >= 0.3 is 5.97 Å². The average Bonchev–Trinajstić information content (AvgIpc) is 3.01. The van der Waals surface area contributed by atoms with E-state index in [9.17, 15) is 4.79 Å². The van der Waals surface area contributed by atoms with Crippen LogP contribution < -0.4 is 0 Å². The number of halogens is 1. The summed E-state index contributed by atoms with van der Waals surface area (Å²) >= 11 is 6.02. The van der Waals surface area contributed by atoms with E-state index in [2.05, 4.69) is 43.0 Å². The van der Waals surface area contributed by atoms with Gasteiger partial charge in [0.15, 0.2) is 0 Å². The number of rotatable bonds is 3. The van der Waals surface area contributed by atoms with E-state index in [0.717, 1.165) is 37.5 Å². The van der Waals surface area contributed by atoms with Gasteiger partial charge in [0, 0.05) is 30.6 Å². The van der Waals surface area contributed by atoms with Crippen molar-refractivity contribution in [2.75, 3.05) is 19.6 Å². The molecule has 2 aliphatic heterocycles. The summed E-state index contributed by atoms with van der Waals surface area (Å²) in [5.74, 6) is 0.888. The summed E-state index contributed by atoms with van der Waals surface area (Å²) in [6.45, 7) is 7.44. The number of esters is 1. The summed E-state index contributed by atoms with van der Waals surface area (Å²) in [5, 5.41) is 0.774. The highest BCUT2D eigenvalue weighted by atomic mass is 35.5. The van der Waals surface area contributed by atoms with Crippen molar-refractivity contribution in [2.24, 2.45) is 23.2 Å². The zero-order valence-corrected chi connectivity index (χ0v) is 18.8. The second-order valence-electron chi connectivity index (χ2n) is 10.1. The third-order valence-electron chi connectivity index (χ3n) is 8.04. The van der Waals surface area contributed by atoms with Gasteiger partial charge in [-0.05, 0) is 60.3 Å². The van der Waals surface area contributed by atoms with E-state index in [1.54, 1.807) is 5.57 Å². The lowest BCUT2D eigenvalue weighted by atomic mass is 9.59. The molecule has 5 rings (SSSR count). The summed E-state index contributed by atoms with van der Waals surface area (Å²) in [7, 11) is 0. The molecule has 0 radical (unpaired) electrons. The van der Waals surface area contributed by atoms with Crippen molar-refractivity contribution in [1.29, 1.82) is 0 Å². The Balaban J connectivity index is 1.30. The molecular formula is C26H32ClNO2. The molecule has 3 nitrogen and oxygen atoms in total. The third-order valence-corrected chi connectivity index (χ3v) is 8.30. The molecule has 1 aromatic rings. The fourth-order valence-electron chi connectivity index (χ4n) is 6.34. The van der Waals surface area contributed by atoms with E-state index in [1.165, 1.54) is 30.4 Å². The van der Waals surface area contributed by atoms with Gasteiger partial charge in [-0.2, -0.15) is 0 Å². The van der Waals surface area contributed by atoms with E-state index in [4.69, 9.17) is 16.3 Å². The first-order chi connectivity index (χ1) is 14.4. The number of ether oxygens (including phenoxy) is 1. The lowest BCUT2D eigenvalue weighted by molar-refractivity contribution is -0.145. The summed E-state index contributed by atoms with van der Waals surface area (Å²) < 4.78 is 5.93. The van der Waals surface area contributed by atoms with Crippen molar-refractivity contribution in [3.05, 3.63) is 52.6 Å². The first kappa shape index (κ1) is 20.3. The fourth-order valence-corrected chi connectivity index (χ4v) is 6.47. The van der Waals surface area contributed by atoms with Crippen LogP contribution in [-0.4, -0.2) is 36.6 Å². The number of carbonyl (C=O) groups excluding carboxylic acids is 1. The maximum atomic E-state index is 12.8. The number of nitrogens with zero attached hydrogens (tertiary/aromatic N) is 1. The highest BCUT2D eigenvalue weighted by Crippen LogP contribution is 2.54. The molecule has 2 aliphatic carbocycles. The summed E-state index contributed by atoms with van der Waals surface area (Å²) in [5.41, 5.74) is 4.46. The van der Waals surface area contributed by atoms with Crippen LogP contribution in [0.1, 0.15) is 51.5 Å². The molecule has 1 saturated heterocycles. The Hall–Kier alpha value is -1.58. The second-order valence-corrected chi connectivity index (χ2v) is 10.5. The number of hydrogen-bond donors (Lipinski definition) is 0. The molecule has 4 heteroatoms. The lowest BCUT2D eigenvalue weighted by Crippen LogP contribution is -2.41. The van der Waals surface area contributed by atoms with Crippen LogP contribution in [-0.2, 0) is 9.53 Å². The third kappa shape index (κ3) is 3.65. The highest BCUT2D eigenvalue weighted by Gasteiger charge is 2.51. The van der Waals surface area contributed by atoms with Crippen LogP contribution in [0, 0.1) is 23.2 Å². The number of hydrogen-bond acceptors (Lipinski definition) is 3. The van der Waals surface area contributed by atoms with Crippen molar-refractivity contribution in [3.63, 3.8) is 0 Å². The zero-order chi connectivity index (χ0) is 20.9. The Morgan fingerprint density at radius 1 is 1.27 bits per heavy atom. The van der Waals surface area contributed by atoms with Gasteiger partial charge in [-0.3, -0.25) is 9.69 Å². The largest absolute Gasteiger partial charge is 0.461 e. The van der Waals surface area contributed by atoms with Crippen LogP contribution in [0.2, 0.25) is 5.02 Å². The van der Waals surface area contributed by atoms with Crippen molar-refractivity contribution in [1.82, 2.24) is 4.90 Å². The predicted molar refractivity (Wildman–Crippen MR) is 121 cm³/mol. The molecule has 0 aromatic heterocycles. The van der Waals surface area contributed by atoms with Crippen LogP contribution in [0.3, 0.4) is 0 Å². The number of allylic oxidation sites excluding steroid dienone is 1. The molecule has 0 N–H and O–H groups in total. The normalized spacial score (nSPS) is 36.4. The van der Waals surface area contributed by atoms with Crippen molar-refractivity contribution < 1.29 is 9.53 Å². The smallest absolute Gasteiger partial charge is 0.311 e. The minimum atomic E-state index is -0.0216. The molecule has 1 aromatic carbocycles. The Morgan fingerprint density at radius 3 is 2.80 bits per heavy atom. The molecule has 4 aliphatic rings. The van der Waals surface area contributed by atoms with Crippen molar-refractivity contribution in [2.45, 2.75) is 52.1 Å². The zero-order valence-electron chi connectivity index (χ0n) is 18.1. The Morgan fingerprint density at radius 2 is 2.07 bits per heavy atom. The van der Waals surface area contributed by atoms with Gasteiger partial charge in [0.2, 0.25) is 0 Å². The molecule has 2 fully saturated rings. The Bertz CT molecular complexity index is 889. The predicted octanol–water partition coefficient (Wildman–Crippen LogP) is 5.74. The summed E-state index contributed by atoms with van der Waals surface area (Å²) in [6.07, 6.45) is 10.7. The average molecular weight is 426 g/mol. The molecule has 5 unspecified atom stereocenters. The van der Waals surface area contributed by atoms with Crippen LogP contribution in [0.15, 0.2) is 42.0 Å². The molecule has 5 atom stereocenters. The van der Waals surface area contributed by atoms with E-state index in [-0.39, 0.29) is 29.3 Å². The maximum Gasteiger partial charge on any atom is 0.311 e. The van der Waals surface area contributed by atoms with Gasteiger partial charge in [-0.15, -0.1) is 0 Å².